The molecule has 0 radical (unpaired) electrons. The van der Waals surface area contributed by atoms with Gasteiger partial charge in [-0.1, -0.05) is 36.4 Å². The molecular weight excluding hydrogens is 346 g/mol. The molecule has 5 nitrogen and oxygen atoms in total. The maximum Gasteiger partial charge on any atom is 0.139 e. The third-order valence-corrected chi connectivity index (χ3v) is 5.29. The molecule has 0 unspecified atom stereocenters. The summed E-state index contributed by atoms with van der Waals surface area (Å²) in [7, 11) is 0. The Morgan fingerprint density at radius 3 is 2.58 bits per heavy atom. The molecule has 0 spiro atoms. The van der Waals surface area contributed by atoms with Crippen LogP contribution in [0.25, 0.3) is 16.8 Å². The van der Waals surface area contributed by atoms with E-state index in [1.807, 2.05) is 37.3 Å². The minimum atomic E-state index is 0.117. The smallest absolute Gasteiger partial charge is 0.139 e. The number of hydrogen-bond donors (Lipinski definition) is 3. The van der Waals surface area contributed by atoms with Crippen molar-refractivity contribution in [1.29, 1.82) is 5.41 Å². The Balaban J connectivity index is 1.70. The fourth-order valence-electron chi connectivity index (χ4n) is 3.05. The van der Waals surface area contributed by atoms with Crippen molar-refractivity contribution >= 4 is 28.4 Å². The van der Waals surface area contributed by atoms with Crippen molar-refractivity contribution in [3.8, 4) is 17.0 Å². The molecule has 2 heterocycles. The molecule has 2 aromatic carbocycles. The number of aromatic hydroxyl groups is 1. The number of hydrogen-bond acceptors (Lipinski definition) is 5. The number of aryl methyl sites for hydroxylation is 1. The van der Waals surface area contributed by atoms with Crippen molar-refractivity contribution in [3.05, 3.63) is 70.2 Å². The molecule has 0 saturated carbocycles. The van der Waals surface area contributed by atoms with Crippen LogP contribution >= 0.6 is 11.3 Å². The van der Waals surface area contributed by atoms with Gasteiger partial charge < -0.3 is 15.1 Å². The molecular formula is C20H17N3O2S. The van der Waals surface area contributed by atoms with Crippen molar-refractivity contribution in [3.63, 3.8) is 0 Å². The topological polar surface area (TPSA) is 80.4 Å². The number of phenols is 1. The number of aliphatic hydroxyl groups is 1. The Bertz CT molecular complexity index is 1020. The van der Waals surface area contributed by atoms with E-state index in [2.05, 4.69) is 0 Å². The normalized spacial score (nSPS) is 14.3. The molecule has 0 fully saturated rings. The summed E-state index contributed by atoms with van der Waals surface area (Å²) in [5.74, 6) is 0.424. The van der Waals surface area contributed by atoms with Crippen molar-refractivity contribution in [2.45, 2.75) is 6.92 Å². The van der Waals surface area contributed by atoms with Crippen LogP contribution in [0.4, 0.5) is 5.69 Å². The van der Waals surface area contributed by atoms with E-state index in [0.717, 1.165) is 16.1 Å². The van der Waals surface area contributed by atoms with Crippen LogP contribution in [0.3, 0.4) is 0 Å². The number of phenolic OH excluding ortho intramolecular Hbond substituents is 1. The van der Waals surface area contributed by atoms with Gasteiger partial charge in [-0.3, -0.25) is 5.41 Å². The van der Waals surface area contributed by atoms with Crippen LogP contribution in [0.1, 0.15) is 9.88 Å². The standard InChI is InChI=1S/C20H17N3O2S/c1-12-18(13-6-3-2-4-7-13)22-20(26-12)17-16(25)11-23(19(17)21)14-8-5-9-15(24)10-14/h2-10,21,24-25H,11H2,1H3. The summed E-state index contributed by atoms with van der Waals surface area (Å²) in [6.07, 6.45) is 0. The summed E-state index contributed by atoms with van der Waals surface area (Å²) in [6.45, 7) is 2.18. The summed E-state index contributed by atoms with van der Waals surface area (Å²) in [5, 5.41) is 29.3. The lowest BCUT2D eigenvalue weighted by Crippen LogP contribution is -2.25. The molecule has 1 aliphatic heterocycles. The van der Waals surface area contributed by atoms with E-state index < -0.39 is 0 Å². The highest BCUT2D eigenvalue weighted by Gasteiger charge is 2.32. The largest absolute Gasteiger partial charge is 0.510 e. The molecule has 6 heteroatoms. The minimum absolute atomic E-state index is 0.117. The van der Waals surface area contributed by atoms with E-state index >= 15 is 0 Å². The Hall–Kier alpha value is -3.12. The molecule has 0 atom stereocenters. The number of nitrogens with zero attached hydrogens (tertiary/aromatic N) is 2. The van der Waals surface area contributed by atoms with Crippen LogP contribution in [0, 0.1) is 12.3 Å². The quantitative estimate of drug-likeness (QED) is 0.636. The van der Waals surface area contributed by atoms with Gasteiger partial charge >= 0.3 is 0 Å². The number of aliphatic hydroxyl groups excluding tert-OH is 1. The van der Waals surface area contributed by atoms with Crippen LogP contribution in [0.5, 0.6) is 5.75 Å². The highest BCUT2D eigenvalue weighted by Crippen LogP contribution is 2.37. The minimum Gasteiger partial charge on any atom is -0.510 e. The van der Waals surface area contributed by atoms with Gasteiger partial charge in [0.2, 0.25) is 0 Å². The third-order valence-electron chi connectivity index (χ3n) is 4.30. The Morgan fingerprint density at radius 2 is 1.85 bits per heavy atom. The van der Waals surface area contributed by atoms with E-state index in [1.54, 1.807) is 29.2 Å². The number of thiazole rings is 1. The first kappa shape index (κ1) is 16.4. The molecule has 26 heavy (non-hydrogen) atoms. The molecule has 0 saturated heterocycles. The average molecular weight is 363 g/mol. The maximum atomic E-state index is 10.5. The lowest BCUT2D eigenvalue weighted by Gasteiger charge is -2.18. The number of benzene rings is 2. The zero-order valence-electron chi connectivity index (χ0n) is 14.1. The van der Waals surface area contributed by atoms with Gasteiger partial charge in [-0.05, 0) is 19.1 Å². The van der Waals surface area contributed by atoms with Crippen LogP contribution < -0.4 is 4.90 Å². The molecule has 3 N–H and O–H groups in total. The maximum absolute atomic E-state index is 10.5. The lowest BCUT2D eigenvalue weighted by molar-refractivity contribution is 0.411. The predicted octanol–water partition coefficient (Wildman–Crippen LogP) is 4.59. The molecule has 0 bridgehead atoms. The first-order chi connectivity index (χ1) is 12.5. The lowest BCUT2D eigenvalue weighted by atomic mass is 10.1. The fourth-order valence-corrected chi connectivity index (χ4v) is 4.06. The summed E-state index contributed by atoms with van der Waals surface area (Å²) < 4.78 is 0. The average Bonchev–Trinajstić information content (AvgIpc) is 3.15. The number of anilines is 1. The predicted molar refractivity (Wildman–Crippen MR) is 105 cm³/mol. The Labute approximate surface area is 155 Å². The van der Waals surface area contributed by atoms with Gasteiger partial charge in [0.25, 0.3) is 0 Å². The van der Waals surface area contributed by atoms with Crippen molar-refractivity contribution < 1.29 is 10.2 Å². The monoisotopic (exact) mass is 363 g/mol. The molecule has 3 aromatic rings. The van der Waals surface area contributed by atoms with Crippen LogP contribution in [0.15, 0.2) is 60.4 Å². The Morgan fingerprint density at radius 1 is 1.08 bits per heavy atom. The fraction of sp³-hybridized carbons (Fsp3) is 0.100. The summed E-state index contributed by atoms with van der Waals surface area (Å²) in [5.41, 5.74) is 2.99. The van der Waals surface area contributed by atoms with Gasteiger partial charge in [-0.25, -0.2) is 4.98 Å². The highest BCUT2D eigenvalue weighted by molar-refractivity contribution is 7.13. The molecule has 1 aliphatic rings. The molecule has 4 rings (SSSR count). The van der Waals surface area contributed by atoms with Crippen LogP contribution in [0.2, 0.25) is 0 Å². The number of aromatic nitrogens is 1. The first-order valence-corrected chi connectivity index (χ1v) is 8.97. The second-order valence-corrected chi connectivity index (χ2v) is 7.27. The van der Waals surface area contributed by atoms with Crippen molar-refractivity contribution in [2.24, 2.45) is 0 Å². The summed E-state index contributed by atoms with van der Waals surface area (Å²) in [6, 6.07) is 16.6. The second kappa shape index (κ2) is 6.31. The zero-order chi connectivity index (χ0) is 18.3. The van der Waals surface area contributed by atoms with Gasteiger partial charge in [0.15, 0.2) is 0 Å². The van der Waals surface area contributed by atoms with E-state index in [0.29, 0.717) is 16.3 Å². The van der Waals surface area contributed by atoms with E-state index in [1.165, 1.54) is 11.3 Å². The summed E-state index contributed by atoms with van der Waals surface area (Å²) in [4.78, 5) is 7.39. The first-order valence-electron chi connectivity index (χ1n) is 8.15. The van der Waals surface area contributed by atoms with Crippen molar-refractivity contribution in [1.82, 2.24) is 4.98 Å². The van der Waals surface area contributed by atoms with Gasteiger partial charge in [-0.2, -0.15) is 0 Å². The van der Waals surface area contributed by atoms with Gasteiger partial charge in [0.05, 0.1) is 17.8 Å². The van der Waals surface area contributed by atoms with Crippen molar-refractivity contribution in [2.75, 3.05) is 11.4 Å². The zero-order valence-corrected chi connectivity index (χ0v) is 14.9. The third kappa shape index (κ3) is 2.74. The highest BCUT2D eigenvalue weighted by atomic mass is 32.1. The SMILES string of the molecule is Cc1sc(C2=C(O)CN(c3cccc(O)c3)C2=N)nc1-c1ccccc1. The number of rotatable bonds is 3. The molecule has 130 valence electrons. The Kier molecular flexibility index (Phi) is 3.97. The van der Waals surface area contributed by atoms with Crippen LogP contribution in [-0.4, -0.2) is 27.6 Å². The molecule has 0 amide bonds. The van der Waals surface area contributed by atoms with Crippen LogP contribution in [-0.2, 0) is 0 Å². The number of nitrogens with one attached hydrogen (secondary N) is 1. The van der Waals surface area contributed by atoms with E-state index in [-0.39, 0.29) is 23.9 Å². The van der Waals surface area contributed by atoms with Gasteiger partial charge in [0.1, 0.15) is 22.4 Å². The van der Waals surface area contributed by atoms with E-state index in [9.17, 15) is 10.2 Å². The van der Waals surface area contributed by atoms with E-state index in [4.69, 9.17) is 10.4 Å². The second-order valence-electron chi connectivity index (χ2n) is 6.07. The van der Waals surface area contributed by atoms with Gasteiger partial charge in [0, 0.05) is 22.2 Å². The molecule has 1 aromatic heterocycles. The summed E-state index contributed by atoms with van der Waals surface area (Å²) >= 11 is 1.47. The number of amidine groups is 1. The van der Waals surface area contributed by atoms with Gasteiger partial charge in [-0.15, -0.1) is 11.3 Å². The molecule has 0 aliphatic carbocycles.